The average molecular weight is 292 g/mol. The first-order valence-corrected chi connectivity index (χ1v) is 7.66. The molecule has 1 aromatic heterocycles. The lowest BCUT2D eigenvalue weighted by atomic mass is 10.2. The summed E-state index contributed by atoms with van der Waals surface area (Å²) < 4.78 is 11.3. The number of benzene rings is 1. The lowest BCUT2D eigenvalue weighted by Gasteiger charge is -2.15. The molecule has 0 fully saturated rings. The van der Waals surface area contributed by atoms with E-state index in [1.54, 1.807) is 18.4 Å². The molecule has 1 heterocycles. The predicted molar refractivity (Wildman–Crippen MR) is 81.4 cm³/mol. The third-order valence-corrected chi connectivity index (χ3v) is 3.51. The third-order valence-electron chi connectivity index (χ3n) is 2.87. The van der Waals surface area contributed by atoms with Crippen LogP contribution in [0.25, 0.3) is 0 Å². The molecule has 0 radical (unpaired) electrons. The van der Waals surface area contributed by atoms with E-state index in [1.807, 2.05) is 23.0 Å². The minimum atomic E-state index is 0.463. The molecule has 0 bridgehead atoms. The Morgan fingerprint density at radius 2 is 2.25 bits per heavy atom. The van der Waals surface area contributed by atoms with Gasteiger partial charge in [0.05, 0.1) is 18.3 Å². The van der Waals surface area contributed by atoms with Crippen LogP contribution >= 0.6 is 11.3 Å². The van der Waals surface area contributed by atoms with Crippen molar-refractivity contribution in [2.24, 2.45) is 0 Å². The Bertz CT molecular complexity index is 515. The van der Waals surface area contributed by atoms with E-state index in [4.69, 9.17) is 9.47 Å². The Labute approximate surface area is 123 Å². The first kappa shape index (κ1) is 14.8. The van der Waals surface area contributed by atoms with Crippen LogP contribution in [-0.2, 0) is 13.2 Å². The van der Waals surface area contributed by atoms with Gasteiger partial charge in [0.15, 0.2) is 11.5 Å². The number of para-hydroxylation sites is 1. The van der Waals surface area contributed by atoms with Crippen molar-refractivity contribution in [3.8, 4) is 11.5 Å². The van der Waals surface area contributed by atoms with Crippen LogP contribution in [0.5, 0.6) is 11.5 Å². The van der Waals surface area contributed by atoms with Crippen molar-refractivity contribution in [1.29, 1.82) is 0 Å². The van der Waals surface area contributed by atoms with Crippen molar-refractivity contribution >= 4 is 11.3 Å². The number of nitrogens with one attached hydrogen (secondary N) is 1. The number of rotatable bonds is 8. The minimum absolute atomic E-state index is 0.463. The summed E-state index contributed by atoms with van der Waals surface area (Å²) in [6, 6.07) is 5.96. The summed E-state index contributed by atoms with van der Waals surface area (Å²) in [5.74, 6) is 1.56. The van der Waals surface area contributed by atoms with Crippen molar-refractivity contribution in [2.75, 3.05) is 13.7 Å². The molecule has 0 aliphatic carbocycles. The molecule has 5 heteroatoms. The molecule has 0 aliphatic rings. The number of hydrogen-bond acceptors (Lipinski definition) is 5. The van der Waals surface area contributed by atoms with Crippen LogP contribution in [0.15, 0.2) is 29.1 Å². The molecule has 1 aromatic carbocycles. The quantitative estimate of drug-likeness (QED) is 0.759. The summed E-state index contributed by atoms with van der Waals surface area (Å²) in [4.78, 5) is 4.23. The largest absolute Gasteiger partial charge is 0.493 e. The van der Waals surface area contributed by atoms with Crippen molar-refractivity contribution in [1.82, 2.24) is 10.3 Å². The fourth-order valence-electron chi connectivity index (χ4n) is 1.88. The summed E-state index contributed by atoms with van der Waals surface area (Å²) >= 11 is 1.57. The van der Waals surface area contributed by atoms with E-state index >= 15 is 0 Å². The number of aromatic nitrogens is 1. The summed E-state index contributed by atoms with van der Waals surface area (Å²) in [6.07, 6.45) is 1.11. The Hall–Kier alpha value is -1.59. The molecule has 0 saturated heterocycles. The van der Waals surface area contributed by atoms with Gasteiger partial charge >= 0.3 is 0 Å². The van der Waals surface area contributed by atoms with Gasteiger partial charge in [-0.05, 0) is 19.0 Å². The van der Waals surface area contributed by atoms with Crippen LogP contribution in [0.2, 0.25) is 0 Å². The molecule has 0 spiro atoms. The molecule has 2 rings (SSSR count). The van der Waals surface area contributed by atoms with E-state index in [0.29, 0.717) is 6.61 Å². The second-order valence-electron chi connectivity index (χ2n) is 4.39. The van der Waals surface area contributed by atoms with Gasteiger partial charge in [-0.2, -0.15) is 0 Å². The van der Waals surface area contributed by atoms with Crippen LogP contribution in [-0.4, -0.2) is 18.6 Å². The van der Waals surface area contributed by atoms with Gasteiger partial charge in [0, 0.05) is 17.5 Å². The van der Waals surface area contributed by atoms with E-state index in [9.17, 15) is 0 Å². The highest BCUT2D eigenvalue weighted by Gasteiger charge is 2.11. The van der Waals surface area contributed by atoms with Crippen LogP contribution in [0.1, 0.15) is 24.6 Å². The highest BCUT2D eigenvalue weighted by molar-refractivity contribution is 7.07. The van der Waals surface area contributed by atoms with E-state index in [-0.39, 0.29) is 0 Å². The molecule has 0 unspecified atom stereocenters. The maximum absolute atomic E-state index is 5.91. The van der Waals surface area contributed by atoms with Crippen LogP contribution in [0.3, 0.4) is 0 Å². The van der Waals surface area contributed by atoms with Gasteiger partial charge in [-0.3, -0.25) is 0 Å². The summed E-state index contributed by atoms with van der Waals surface area (Å²) in [7, 11) is 1.66. The summed E-state index contributed by atoms with van der Waals surface area (Å²) in [5.41, 5.74) is 3.85. The SMILES string of the molecule is CCCNCc1cccc(OC)c1OCc1cscn1. The number of thiazole rings is 1. The Balaban J connectivity index is 2.10. The van der Waals surface area contributed by atoms with Crippen LogP contribution < -0.4 is 14.8 Å². The maximum atomic E-state index is 5.91. The molecule has 20 heavy (non-hydrogen) atoms. The number of hydrogen-bond donors (Lipinski definition) is 1. The zero-order valence-corrected chi connectivity index (χ0v) is 12.7. The number of nitrogens with zero attached hydrogens (tertiary/aromatic N) is 1. The zero-order chi connectivity index (χ0) is 14.2. The van der Waals surface area contributed by atoms with Crippen LogP contribution in [0.4, 0.5) is 0 Å². The molecule has 0 amide bonds. The Morgan fingerprint density at radius 3 is 2.95 bits per heavy atom. The standard InChI is InChI=1S/C15H20N2O2S/c1-3-7-16-8-12-5-4-6-14(18-2)15(12)19-9-13-10-20-11-17-13/h4-6,10-11,16H,3,7-9H2,1-2H3. The fraction of sp³-hybridized carbons (Fsp3) is 0.400. The Morgan fingerprint density at radius 1 is 1.35 bits per heavy atom. The summed E-state index contributed by atoms with van der Waals surface area (Å²) in [5, 5.41) is 5.38. The van der Waals surface area contributed by atoms with Gasteiger partial charge in [0.1, 0.15) is 6.61 Å². The molecule has 0 atom stereocenters. The van der Waals surface area contributed by atoms with Gasteiger partial charge in [-0.15, -0.1) is 11.3 Å². The monoisotopic (exact) mass is 292 g/mol. The van der Waals surface area contributed by atoms with E-state index < -0.39 is 0 Å². The molecule has 2 aromatic rings. The van der Waals surface area contributed by atoms with Crippen LogP contribution in [0, 0.1) is 0 Å². The zero-order valence-electron chi connectivity index (χ0n) is 11.9. The molecule has 4 nitrogen and oxygen atoms in total. The molecular formula is C15H20N2O2S. The highest BCUT2D eigenvalue weighted by Crippen LogP contribution is 2.31. The first-order valence-electron chi connectivity index (χ1n) is 6.71. The lowest BCUT2D eigenvalue weighted by Crippen LogP contribution is -2.15. The second-order valence-corrected chi connectivity index (χ2v) is 5.11. The molecule has 0 saturated carbocycles. The highest BCUT2D eigenvalue weighted by atomic mass is 32.1. The van der Waals surface area contributed by atoms with Gasteiger partial charge in [-0.1, -0.05) is 19.1 Å². The van der Waals surface area contributed by atoms with E-state index in [1.165, 1.54) is 0 Å². The van der Waals surface area contributed by atoms with Crippen molar-refractivity contribution in [3.05, 3.63) is 40.3 Å². The smallest absolute Gasteiger partial charge is 0.166 e. The van der Waals surface area contributed by atoms with Gasteiger partial charge in [0.2, 0.25) is 0 Å². The molecule has 108 valence electrons. The summed E-state index contributed by atoms with van der Waals surface area (Å²) in [6.45, 7) is 4.38. The van der Waals surface area contributed by atoms with E-state index in [2.05, 4.69) is 23.3 Å². The molecule has 1 N–H and O–H groups in total. The van der Waals surface area contributed by atoms with Crippen molar-refractivity contribution < 1.29 is 9.47 Å². The van der Waals surface area contributed by atoms with Gasteiger partial charge in [0.25, 0.3) is 0 Å². The second kappa shape index (κ2) is 7.87. The van der Waals surface area contributed by atoms with Crippen molar-refractivity contribution in [3.63, 3.8) is 0 Å². The fourth-order valence-corrected chi connectivity index (χ4v) is 2.42. The topological polar surface area (TPSA) is 43.4 Å². The Kier molecular flexibility index (Phi) is 5.83. The molecular weight excluding hydrogens is 272 g/mol. The third kappa shape index (κ3) is 3.95. The normalized spacial score (nSPS) is 10.5. The van der Waals surface area contributed by atoms with Gasteiger partial charge in [-0.25, -0.2) is 4.98 Å². The maximum Gasteiger partial charge on any atom is 0.166 e. The number of methoxy groups -OCH3 is 1. The molecule has 0 aliphatic heterocycles. The number of ether oxygens (including phenoxy) is 2. The van der Waals surface area contributed by atoms with E-state index in [0.717, 1.165) is 42.3 Å². The lowest BCUT2D eigenvalue weighted by molar-refractivity contribution is 0.277. The van der Waals surface area contributed by atoms with Gasteiger partial charge < -0.3 is 14.8 Å². The minimum Gasteiger partial charge on any atom is -0.493 e. The van der Waals surface area contributed by atoms with Crippen molar-refractivity contribution in [2.45, 2.75) is 26.5 Å². The average Bonchev–Trinajstić information content (AvgIpc) is 2.99. The first-order chi connectivity index (χ1) is 9.85. The predicted octanol–water partition coefficient (Wildman–Crippen LogP) is 3.23.